The normalized spacial score (nSPS) is 11.4. The Morgan fingerprint density at radius 1 is 0.967 bits per heavy atom. The molecule has 0 amide bonds. The predicted molar refractivity (Wildman–Crippen MR) is 116 cm³/mol. The fraction of sp³-hybridized carbons (Fsp3) is 0.120. The van der Waals surface area contributed by atoms with Crippen LogP contribution in [0.15, 0.2) is 72.9 Å². The number of fused-ring (bicyclic) bond motifs is 2. The molecule has 148 valence electrons. The van der Waals surface area contributed by atoms with Crippen LogP contribution in [0, 0.1) is 12.7 Å². The van der Waals surface area contributed by atoms with Crippen LogP contribution in [0.3, 0.4) is 0 Å². The number of carbonyl (C=O) groups is 1. The number of pyridine rings is 1. The minimum atomic E-state index is -0.321. The fourth-order valence-electron chi connectivity index (χ4n) is 4.02. The number of halogens is 1. The molecule has 5 heteroatoms. The van der Waals surface area contributed by atoms with Crippen LogP contribution < -0.4 is 0 Å². The molecule has 0 atom stereocenters. The lowest BCUT2D eigenvalue weighted by Crippen LogP contribution is -2.12. The maximum Gasteiger partial charge on any atom is 0.209 e. The van der Waals surface area contributed by atoms with Gasteiger partial charge in [0.05, 0.1) is 17.9 Å². The third-order valence-electron chi connectivity index (χ3n) is 5.51. The third-order valence-corrected chi connectivity index (χ3v) is 5.51. The number of hydrogen-bond donors (Lipinski definition) is 0. The largest absolute Gasteiger partial charge is 0.351 e. The first-order valence-electron chi connectivity index (χ1n) is 9.81. The van der Waals surface area contributed by atoms with Gasteiger partial charge in [0.2, 0.25) is 5.78 Å². The van der Waals surface area contributed by atoms with E-state index in [0.29, 0.717) is 23.2 Å². The number of aromatic nitrogens is 3. The van der Waals surface area contributed by atoms with Gasteiger partial charge in [-0.05, 0) is 67.6 Å². The van der Waals surface area contributed by atoms with Gasteiger partial charge >= 0.3 is 0 Å². The van der Waals surface area contributed by atoms with E-state index in [1.807, 2.05) is 71.8 Å². The van der Waals surface area contributed by atoms with Gasteiger partial charge in [0.1, 0.15) is 5.82 Å². The van der Waals surface area contributed by atoms with Crippen LogP contribution in [0.2, 0.25) is 0 Å². The molecular weight excluding hydrogens is 377 g/mol. The zero-order valence-electron chi connectivity index (χ0n) is 16.8. The Labute approximate surface area is 173 Å². The lowest BCUT2D eigenvalue weighted by atomic mass is 10.1. The molecule has 30 heavy (non-hydrogen) atoms. The maximum atomic E-state index is 13.8. The second-order valence-corrected chi connectivity index (χ2v) is 7.62. The van der Waals surface area contributed by atoms with Gasteiger partial charge in [-0.1, -0.05) is 6.07 Å². The Kier molecular flexibility index (Phi) is 4.24. The minimum absolute atomic E-state index is 0.0926. The average molecular weight is 397 g/mol. The fourth-order valence-corrected chi connectivity index (χ4v) is 4.02. The van der Waals surface area contributed by atoms with Crippen LogP contribution in [0.5, 0.6) is 0 Å². The van der Waals surface area contributed by atoms with Crippen LogP contribution in [0.25, 0.3) is 21.8 Å². The second-order valence-electron chi connectivity index (χ2n) is 7.62. The van der Waals surface area contributed by atoms with Crippen LogP contribution in [-0.4, -0.2) is 19.9 Å². The molecule has 0 fully saturated rings. The van der Waals surface area contributed by atoms with Crippen molar-refractivity contribution in [3.63, 3.8) is 0 Å². The summed E-state index contributed by atoms with van der Waals surface area (Å²) in [7, 11) is 1.98. The second kappa shape index (κ2) is 6.95. The third kappa shape index (κ3) is 3.08. The summed E-state index contributed by atoms with van der Waals surface area (Å²) in [5.74, 6) is -0.414. The van der Waals surface area contributed by atoms with Gasteiger partial charge in [0, 0.05) is 46.3 Å². The van der Waals surface area contributed by atoms with Gasteiger partial charge in [-0.25, -0.2) is 4.39 Å². The van der Waals surface area contributed by atoms with Crippen molar-refractivity contribution in [2.24, 2.45) is 7.05 Å². The number of hydrogen-bond acceptors (Lipinski definition) is 2. The van der Waals surface area contributed by atoms with E-state index in [0.717, 1.165) is 27.8 Å². The van der Waals surface area contributed by atoms with Crippen molar-refractivity contribution < 1.29 is 9.18 Å². The molecule has 3 heterocycles. The molecule has 2 aromatic carbocycles. The van der Waals surface area contributed by atoms with E-state index in [2.05, 4.69) is 4.98 Å². The standard InChI is InChI=1S/C25H20FN3O/c1-16-4-3-5-21(27-16)15-29-23-9-7-20(26)13-19(23)14-24(29)25(30)18-6-8-22-17(12-18)10-11-28(22)2/h3-14H,15H2,1-2H3. The Hall–Kier alpha value is -3.73. The monoisotopic (exact) mass is 397 g/mol. The maximum absolute atomic E-state index is 13.8. The van der Waals surface area contributed by atoms with Crippen LogP contribution >= 0.6 is 0 Å². The van der Waals surface area contributed by atoms with Crippen LogP contribution in [0.1, 0.15) is 27.4 Å². The van der Waals surface area contributed by atoms with Crippen molar-refractivity contribution in [1.82, 2.24) is 14.1 Å². The molecule has 0 aliphatic rings. The quantitative estimate of drug-likeness (QED) is 0.388. The van der Waals surface area contributed by atoms with E-state index >= 15 is 0 Å². The first-order chi connectivity index (χ1) is 14.5. The van der Waals surface area contributed by atoms with E-state index in [1.54, 1.807) is 12.1 Å². The predicted octanol–water partition coefficient (Wildman–Crippen LogP) is 5.25. The summed E-state index contributed by atoms with van der Waals surface area (Å²) in [6.07, 6.45) is 1.97. The van der Waals surface area contributed by atoms with Gasteiger partial charge in [0.25, 0.3) is 0 Å². The number of ketones is 1. The van der Waals surface area contributed by atoms with Crippen molar-refractivity contribution in [1.29, 1.82) is 0 Å². The minimum Gasteiger partial charge on any atom is -0.351 e. The Bertz CT molecular complexity index is 1430. The highest BCUT2D eigenvalue weighted by Gasteiger charge is 2.19. The SMILES string of the molecule is Cc1cccc(Cn2c(C(=O)c3ccc4c(ccn4C)c3)cc3cc(F)ccc32)n1. The van der Waals surface area contributed by atoms with Gasteiger partial charge in [-0.3, -0.25) is 9.78 Å². The van der Waals surface area contributed by atoms with E-state index in [1.165, 1.54) is 12.1 Å². The molecule has 0 bridgehead atoms. The summed E-state index contributed by atoms with van der Waals surface area (Å²) < 4.78 is 17.8. The summed E-state index contributed by atoms with van der Waals surface area (Å²) in [5, 5.41) is 1.71. The molecule has 3 aromatic heterocycles. The number of benzene rings is 2. The molecule has 5 aromatic rings. The van der Waals surface area contributed by atoms with Gasteiger partial charge in [-0.15, -0.1) is 0 Å². The van der Waals surface area contributed by atoms with Gasteiger partial charge < -0.3 is 9.13 Å². The highest BCUT2D eigenvalue weighted by Crippen LogP contribution is 2.26. The lowest BCUT2D eigenvalue weighted by molar-refractivity contribution is 0.103. The molecule has 5 rings (SSSR count). The number of nitrogens with zero attached hydrogens (tertiary/aromatic N) is 3. The van der Waals surface area contributed by atoms with Crippen LogP contribution in [0.4, 0.5) is 4.39 Å². The Morgan fingerprint density at radius 2 is 1.80 bits per heavy atom. The molecule has 0 aliphatic heterocycles. The van der Waals surface area contributed by atoms with Gasteiger partial charge in [-0.2, -0.15) is 0 Å². The molecule has 0 N–H and O–H groups in total. The van der Waals surface area contributed by atoms with E-state index in [-0.39, 0.29) is 11.6 Å². The highest BCUT2D eigenvalue weighted by molar-refractivity contribution is 6.12. The molecule has 0 saturated carbocycles. The van der Waals surface area contributed by atoms with Crippen molar-refractivity contribution in [3.05, 3.63) is 101 Å². The average Bonchev–Trinajstić information content (AvgIpc) is 3.27. The zero-order chi connectivity index (χ0) is 20.8. The molecule has 0 unspecified atom stereocenters. The van der Waals surface area contributed by atoms with E-state index < -0.39 is 0 Å². The molecule has 4 nitrogen and oxygen atoms in total. The number of rotatable bonds is 4. The number of carbonyl (C=O) groups excluding carboxylic acids is 1. The topological polar surface area (TPSA) is 39.8 Å². The zero-order valence-corrected chi connectivity index (χ0v) is 16.8. The van der Waals surface area contributed by atoms with Crippen molar-refractivity contribution in [3.8, 4) is 0 Å². The summed E-state index contributed by atoms with van der Waals surface area (Å²) in [5.41, 5.74) is 4.77. The summed E-state index contributed by atoms with van der Waals surface area (Å²) in [4.78, 5) is 18.1. The van der Waals surface area contributed by atoms with E-state index in [4.69, 9.17) is 0 Å². The lowest BCUT2D eigenvalue weighted by Gasteiger charge is -2.11. The highest BCUT2D eigenvalue weighted by atomic mass is 19.1. The van der Waals surface area contributed by atoms with Crippen molar-refractivity contribution in [2.75, 3.05) is 0 Å². The van der Waals surface area contributed by atoms with E-state index in [9.17, 15) is 9.18 Å². The molecule has 0 spiro atoms. The van der Waals surface area contributed by atoms with Crippen molar-refractivity contribution in [2.45, 2.75) is 13.5 Å². The molecular formula is C25H20FN3O. The summed E-state index contributed by atoms with van der Waals surface area (Å²) in [6, 6.07) is 19.9. The molecule has 0 aliphatic carbocycles. The Balaban J connectivity index is 1.65. The molecule has 0 radical (unpaired) electrons. The summed E-state index contributed by atoms with van der Waals surface area (Å²) in [6.45, 7) is 2.37. The van der Waals surface area contributed by atoms with Gasteiger partial charge in [0.15, 0.2) is 0 Å². The molecule has 0 saturated heterocycles. The smallest absolute Gasteiger partial charge is 0.209 e. The number of aryl methyl sites for hydroxylation is 2. The van der Waals surface area contributed by atoms with Crippen molar-refractivity contribution >= 4 is 27.6 Å². The summed E-state index contributed by atoms with van der Waals surface area (Å²) >= 11 is 0. The Morgan fingerprint density at radius 3 is 2.63 bits per heavy atom. The van der Waals surface area contributed by atoms with Crippen LogP contribution in [-0.2, 0) is 13.6 Å². The first kappa shape index (κ1) is 18.3. The first-order valence-corrected chi connectivity index (χ1v) is 9.81.